The average Bonchev–Trinajstić information content (AvgIpc) is 2.35. The minimum Gasteiger partial charge on any atom is -0.481 e. The maximum atomic E-state index is 11.8. The van der Waals surface area contributed by atoms with Gasteiger partial charge in [0.2, 0.25) is 0 Å². The summed E-state index contributed by atoms with van der Waals surface area (Å²) in [5, 5.41) is 9.32. The van der Waals surface area contributed by atoms with Crippen molar-refractivity contribution in [2.75, 3.05) is 11.5 Å². The Bertz CT molecular complexity index is 414. The van der Waals surface area contributed by atoms with Crippen molar-refractivity contribution in [2.45, 2.75) is 52.9 Å². The van der Waals surface area contributed by atoms with Gasteiger partial charge in [-0.1, -0.05) is 20.8 Å². The number of aliphatic carboxylic acids is 1. The molecule has 20 heavy (non-hydrogen) atoms. The standard InChI is InChI=1S/C15H28O4S/c1-4-8-20(18,19)9-7-13-10-12(11(2)3)5-6-14(13)15(16)17/h11-14H,4-10H2,1-3H3,(H,16,17). The second-order valence-electron chi connectivity index (χ2n) is 6.46. The molecule has 1 saturated carbocycles. The molecule has 1 N–H and O–H groups in total. The van der Waals surface area contributed by atoms with Gasteiger partial charge in [0, 0.05) is 5.75 Å². The third-order valence-corrected chi connectivity index (χ3v) is 6.49. The van der Waals surface area contributed by atoms with Crippen molar-refractivity contribution >= 4 is 15.8 Å². The van der Waals surface area contributed by atoms with E-state index in [-0.39, 0.29) is 23.3 Å². The molecule has 3 atom stereocenters. The molecule has 4 nitrogen and oxygen atoms in total. The molecule has 1 rings (SSSR count). The van der Waals surface area contributed by atoms with Crippen LogP contribution in [0.25, 0.3) is 0 Å². The van der Waals surface area contributed by atoms with Crippen LogP contribution in [0, 0.1) is 23.7 Å². The summed E-state index contributed by atoms with van der Waals surface area (Å²) >= 11 is 0. The Hall–Kier alpha value is -0.580. The summed E-state index contributed by atoms with van der Waals surface area (Å²) in [7, 11) is -3.01. The monoisotopic (exact) mass is 304 g/mol. The Balaban J connectivity index is 2.67. The highest BCUT2D eigenvalue weighted by atomic mass is 32.2. The molecule has 1 aliphatic carbocycles. The highest BCUT2D eigenvalue weighted by molar-refractivity contribution is 7.91. The van der Waals surface area contributed by atoms with Crippen LogP contribution in [-0.2, 0) is 14.6 Å². The van der Waals surface area contributed by atoms with Gasteiger partial charge < -0.3 is 5.11 Å². The number of carboxylic acid groups (broad SMARTS) is 1. The summed E-state index contributed by atoms with van der Waals surface area (Å²) in [6.45, 7) is 6.18. The molecule has 5 heteroatoms. The van der Waals surface area contributed by atoms with E-state index in [9.17, 15) is 18.3 Å². The molecule has 0 amide bonds. The predicted molar refractivity (Wildman–Crippen MR) is 80.4 cm³/mol. The molecule has 0 spiro atoms. The predicted octanol–water partition coefficient (Wildman–Crippen LogP) is 2.97. The number of hydrogen-bond acceptors (Lipinski definition) is 3. The third kappa shape index (κ3) is 5.08. The van der Waals surface area contributed by atoms with Crippen LogP contribution in [0.1, 0.15) is 52.9 Å². The fourth-order valence-corrected chi connectivity index (χ4v) is 4.78. The molecular weight excluding hydrogens is 276 g/mol. The first-order valence-electron chi connectivity index (χ1n) is 7.70. The summed E-state index contributed by atoms with van der Waals surface area (Å²) in [6.07, 6.45) is 3.63. The Kier molecular flexibility index (Phi) is 6.49. The normalized spacial score (nSPS) is 27.7. The van der Waals surface area contributed by atoms with Gasteiger partial charge in [-0.2, -0.15) is 0 Å². The molecule has 0 heterocycles. The zero-order valence-electron chi connectivity index (χ0n) is 12.8. The van der Waals surface area contributed by atoms with E-state index < -0.39 is 15.8 Å². The van der Waals surface area contributed by atoms with E-state index in [1.807, 2.05) is 6.92 Å². The largest absolute Gasteiger partial charge is 0.481 e. The zero-order valence-corrected chi connectivity index (χ0v) is 13.7. The minimum absolute atomic E-state index is 0.0141. The van der Waals surface area contributed by atoms with Crippen molar-refractivity contribution in [1.82, 2.24) is 0 Å². The second-order valence-corrected chi connectivity index (χ2v) is 8.77. The summed E-state index contributed by atoms with van der Waals surface area (Å²) in [6, 6.07) is 0. The van der Waals surface area contributed by atoms with Gasteiger partial charge in [-0.25, -0.2) is 8.42 Å². The lowest BCUT2D eigenvalue weighted by Crippen LogP contribution is -2.33. The van der Waals surface area contributed by atoms with E-state index >= 15 is 0 Å². The van der Waals surface area contributed by atoms with Crippen molar-refractivity contribution < 1.29 is 18.3 Å². The topological polar surface area (TPSA) is 71.4 Å². The van der Waals surface area contributed by atoms with Gasteiger partial charge in [0.15, 0.2) is 0 Å². The van der Waals surface area contributed by atoms with Crippen molar-refractivity contribution in [3.05, 3.63) is 0 Å². The molecule has 3 unspecified atom stereocenters. The van der Waals surface area contributed by atoms with Crippen LogP contribution in [-0.4, -0.2) is 31.0 Å². The molecular formula is C15H28O4S. The van der Waals surface area contributed by atoms with Gasteiger partial charge in [-0.15, -0.1) is 0 Å². The first-order chi connectivity index (χ1) is 9.26. The van der Waals surface area contributed by atoms with E-state index in [0.717, 1.165) is 12.8 Å². The first-order valence-corrected chi connectivity index (χ1v) is 9.52. The van der Waals surface area contributed by atoms with Crippen LogP contribution in [0.2, 0.25) is 0 Å². The number of sulfone groups is 1. The maximum absolute atomic E-state index is 11.8. The molecule has 1 fully saturated rings. The van der Waals surface area contributed by atoms with E-state index in [1.54, 1.807) is 0 Å². The third-order valence-electron chi connectivity index (χ3n) is 4.60. The van der Waals surface area contributed by atoms with Crippen LogP contribution in [0.5, 0.6) is 0 Å². The lowest BCUT2D eigenvalue weighted by Gasteiger charge is -2.36. The molecule has 1 aliphatic rings. The molecule has 118 valence electrons. The van der Waals surface area contributed by atoms with Crippen molar-refractivity contribution in [1.29, 1.82) is 0 Å². The Morgan fingerprint density at radius 3 is 2.40 bits per heavy atom. The molecule has 0 aliphatic heterocycles. The summed E-state index contributed by atoms with van der Waals surface area (Å²) in [5.74, 6) is 0.321. The van der Waals surface area contributed by atoms with Gasteiger partial charge in [-0.3, -0.25) is 4.79 Å². The van der Waals surface area contributed by atoms with Crippen LogP contribution in [0.3, 0.4) is 0 Å². The molecule has 0 bridgehead atoms. The van der Waals surface area contributed by atoms with Gasteiger partial charge in [-0.05, 0) is 49.9 Å². The first kappa shape index (κ1) is 17.5. The van der Waals surface area contributed by atoms with Crippen LogP contribution in [0.4, 0.5) is 0 Å². The highest BCUT2D eigenvalue weighted by Crippen LogP contribution is 2.39. The lowest BCUT2D eigenvalue weighted by molar-refractivity contribution is -0.145. The van der Waals surface area contributed by atoms with Crippen LogP contribution < -0.4 is 0 Å². The van der Waals surface area contributed by atoms with Gasteiger partial charge in [0.05, 0.1) is 11.7 Å². The summed E-state index contributed by atoms with van der Waals surface area (Å²) in [5.41, 5.74) is 0. The lowest BCUT2D eigenvalue weighted by atomic mass is 9.70. The number of carboxylic acids is 1. The summed E-state index contributed by atoms with van der Waals surface area (Å²) < 4.78 is 23.6. The molecule has 0 aromatic heterocycles. The van der Waals surface area contributed by atoms with Gasteiger partial charge in [0.25, 0.3) is 0 Å². The van der Waals surface area contributed by atoms with Gasteiger partial charge in [0.1, 0.15) is 9.84 Å². The Labute approximate surface area is 122 Å². The molecule has 0 aromatic carbocycles. The number of carbonyl (C=O) groups is 1. The average molecular weight is 304 g/mol. The van der Waals surface area contributed by atoms with E-state index in [1.165, 1.54) is 0 Å². The number of rotatable bonds is 7. The fourth-order valence-electron chi connectivity index (χ4n) is 3.29. The van der Waals surface area contributed by atoms with E-state index in [0.29, 0.717) is 31.1 Å². The van der Waals surface area contributed by atoms with Crippen LogP contribution >= 0.6 is 0 Å². The maximum Gasteiger partial charge on any atom is 0.306 e. The quantitative estimate of drug-likeness (QED) is 0.785. The van der Waals surface area contributed by atoms with E-state index in [2.05, 4.69) is 13.8 Å². The van der Waals surface area contributed by atoms with Crippen LogP contribution in [0.15, 0.2) is 0 Å². The minimum atomic E-state index is -3.01. The molecule has 0 radical (unpaired) electrons. The smallest absolute Gasteiger partial charge is 0.306 e. The summed E-state index contributed by atoms with van der Waals surface area (Å²) in [4.78, 5) is 11.3. The second kappa shape index (κ2) is 7.43. The Morgan fingerprint density at radius 2 is 1.90 bits per heavy atom. The van der Waals surface area contributed by atoms with Crippen molar-refractivity contribution in [3.8, 4) is 0 Å². The molecule has 0 saturated heterocycles. The zero-order chi connectivity index (χ0) is 15.3. The number of hydrogen-bond donors (Lipinski definition) is 1. The van der Waals surface area contributed by atoms with Gasteiger partial charge >= 0.3 is 5.97 Å². The van der Waals surface area contributed by atoms with E-state index in [4.69, 9.17) is 0 Å². The van der Waals surface area contributed by atoms with Crippen molar-refractivity contribution in [2.24, 2.45) is 23.7 Å². The fraction of sp³-hybridized carbons (Fsp3) is 0.933. The van der Waals surface area contributed by atoms with Crippen molar-refractivity contribution in [3.63, 3.8) is 0 Å². The SMILES string of the molecule is CCCS(=O)(=O)CCC1CC(C(C)C)CCC1C(=O)O. The molecule has 0 aromatic rings. The Morgan fingerprint density at radius 1 is 1.25 bits per heavy atom. The highest BCUT2D eigenvalue weighted by Gasteiger charge is 2.36.